The summed E-state index contributed by atoms with van der Waals surface area (Å²) >= 11 is 10.5. The van der Waals surface area contributed by atoms with Gasteiger partial charge in [0.1, 0.15) is 0 Å². The molecular weight excluding hydrogens is 526 g/mol. The smallest absolute Gasteiger partial charge is 0.327 e. The Labute approximate surface area is 166 Å². The van der Waals surface area contributed by atoms with Gasteiger partial charge in [-0.15, -0.1) is 15.3 Å². The van der Waals surface area contributed by atoms with Crippen molar-refractivity contribution in [2.75, 3.05) is 0 Å². The van der Waals surface area contributed by atoms with Crippen molar-refractivity contribution in [3.63, 3.8) is 0 Å². The quantitative estimate of drug-likeness (QED) is 0.483. The molecule has 0 spiro atoms. The highest BCUT2D eigenvalue weighted by Crippen LogP contribution is 2.32. The molecule has 130 valence electrons. The molecule has 1 N–H and O–H groups in total. The first-order chi connectivity index (χ1) is 11.9. The van der Waals surface area contributed by atoms with Crippen LogP contribution in [0.2, 0.25) is 0 Å². The van der Waals surface area contributed by atoms with Gasteiger partial charge in [-0.25, -0.2) is 0 Å². The molecule has 9 nitrogen and oxygen atoms in total. The molecule has 2 aromatic heterocycles. The number of rotatable bonds is 6. The van der Waals surface area contributed by atoms with Crippen LogP contribution >= 0.6 is 47.8 Å². The Bertz CT molecular complexity index is 901. The number of carbonyl (C=O) groups is 1. The van der Waals surface area contributed by atoms with Crippen molar-refractivity contribution in [3.8, 4) is 11.5 Å². The largest absolute Gasteiger partial charge is 0.480 e. The molecule has 0 fully saturated rings. The van der Waals surface area contributed by atoms with Gasteiger partial charge in [-0.05, 0) is 77.1 Å². The number of hydrogen-bond donors (Lipinski definition) is 1. The summed E-state index contributed by atoms with van der Waals surface area (Å²) in [7, 11) is 0. The maximum Gasteiger partial charge on any atom is 0.327 e. The predicted molar refractivity (Wildman–Crippen MR) is 97.7 cm³/mol. The van der Waals surface area contributed by atoms with E-state index in [-0.39, 0.29) is 12.4 Å². The number of halogens is 3. The van der Waals surface area contributed by atoms with Crippen LogP contribution in [0.5, 0.6) is 0 Å². The van der Waals surface area contributed by atoms with Gasteiger partial charge < -0.3 is 5.11 Å². The molecule has 25 heavy (non-hydrogen) atoms. The highest BCUT2D eigenvalue weighted by atomic mass is 79.9. The predicted octanol–water partition coefficient (Wildman–Crippen LogP) is 2.55. The molecule has 3 aromatic rings. The molecule has 0 aliphatic heterocycles. The van der Waals surface area contributed by atoms with Crippen LogP contribution in [0.3, 0.4) is 0 Å². The van der Waals surface area contributed by atoms with Crippen LogP contribution in [0.1, 0.15) is 5.56 Å². The summed E-state index contributed by atoms with van der Waals surface area (Å²) in [6, 6.07) is 4.07. The molecule has 2 heterocycles. The lowest BCUT2D eigenvalue weighted by Crippen LogP contribution is -2.11. The van der Waals surface area contributed by atoms with Crippen LogP contribution in [0.15, 0.2) is 31.7 Å². The molecule has 0 saturated heterocycles. The number of tetrazole rings is 1. The summed E-state index contributed by atoms with van der Waals surface area (Å²) in [5.41, 5.74) is 1.57. The van der Waals surface area contributed by atoms with Crippen molar-refractivity contribution in [2.24, 2.45) is 0 Å². The van der Waals surface area contributed by atoms with Gasteiger partial charge in [-0.3, -0.25) is 9.48 Å². The molecule has 0 amide bonds. The summed E-state index contributed by atoms with van der Waals surface area (Å²) in [6.07, 6.45) is 2.46. The number of carboxylic acids is 1. The Morgan fingerprint density at radius 2 is 1.84 bits per heavy atom. The monoisotopic (exact) mass is 533 g/mol. The van der Waals surface area contributed by atoms with E-state index in [0.717, 1.165) is 30.2 Å². The Morgan fingerprint density at radius 1 is 1.12 bits per heavy atom. The standard InChI is InChI=1S/C13H10Br3N7O2/c14-8-3-7(4-9(15)12(8)16)1-2-22-5-10(17-20-22)13-18-21-23(19-13)6-11(24)25/h3-5H,1-2,6H2,(H,24,25). The van der Waals surface area contributed by atoms with Crippen molar-refractivity contribution < 1.29 is 9.90 Å². The van der Waals surface area contributed by atoms with Gasteiger partial charge in [0.2, 0.25) is 5.82 Å². The SMILES string of the molecule is O=C(O)Cn1nnc(-c2cn(CCc3cc(Br)c(Br)c(Br)c3)nn2)n1. The highest BCUT2D eigenvalue weighted by molar-refractivity contribution is 9.14. The van der Waals surface area contributed by atoms with Gasteiger partial charge in [0, 0.05) is 20.0 Å². The average molecular weight is 536 g/mol. The summed E-state index contributed by atoms with van der Waals surface area (Å²) in [5.74, 6) is -0.805. The Balaban J connectivity index is 1.68. The van der Waals surface area contributed by atoms with E-state index in [9.17, 15) is 4.79 Å². The van der Waals surface area contributed by atoms with Crippen molar-refractivity contribution in [2.45, 2.75) is 19.5 Å². The topological polar surface area (TPSA) is 112 Å². The molecule has 0 atom stereocenters. The number of aromatic nitrogens is 7. The number of benzene rings is 1. The van der Waals surface area contributed by atoms with Gasteiger partial charge in [0.25, 0.3) is 0 Å². The first-order valence-electron chi connectivity index (χ1n) is 6.96. The van der Waals surface area contributed by atoms with E-state index >= 15 is 0 Å². The fourth-order valence-electron chi connectivity index (χ4n) is 2.04. The summed E-state index contributed by atoms with van der Waals surface area (Å²) in [6.45, 7) is 0.269. The average Bonchev–Trinajstić information content (AvgIpc) is 3.19. The van der Waals surface area contributed by atoms with Gasteiger partial charge in [-0.1, -0.05) is 5.21 Å². The molecular formula is C13H10Br3N7O2. The summed E-state index contributed by atoms with van der Waals surface area (Å²) in [5, 5.41) is 28.2. The first-order valence-corrected chi connectivity index (χ1v) is 9.34. The Kier molecular flexibility index (Phi) is 5.59. The molecule has 3 rings (SSSR count). The van der Waals surface area contributed by atoms with Crippen molar-refractivity contribution in [3.05, 3.63) is 37.3 Å². The normalized spacial score (nSPS) is 11.0. The number of aryl methyl sites for hydroxylation is 2. The molecule has 0 unspecified atom stereocenters. The van der Waals surface area contributed by atoms with E-state index in [1.807, 2.05) is 12.1 Å². The van der Waals surface area contributed by atoms with E-state index < -0.39 is 5.97 Å². The second-order valence-corrected chi connectivity index (χ2v) is 7.53. The first kappa shape index (κ1) is 18.1. The number of aliphatic carboxylic acids is 1. The van der Waals surface area contributed by atoms with Gasteiger partial charge >= 0.3 is 5.97 Å². The number of nitrogens with zero attached hydrogens (tertiary/aromatic N) is 7. The maximum absolute atomic E-state index is 10.6. The summed E-state index contributed by atoms with van der Waals surface area (Å²) < 4.78 is 4.58. The second-order valence-electron chi connectivity index (χ2n) is 5.03. The zero-order chi connectivity index (χ0) is 18.0. The molecule has 0 bridgehead atoms. The van der Waals surface area contributed by atoms with E-state index in [2.05, 4.69) is 73.5 Å². The van der Waals surface area contributed by atoms with Gasteiger partial charge in [0.15, 0.2) is 12.2 Å². The lowest BCUT2D eigenvalue weighted by Gasteiger charge is -2.06. The Morgan fingerprint density at radius 3 is 2.52 bits per heavy atom. The lowest BCUT2D eigenvalue weighted by molar-refractivity contribution is -0.138. The van der Waals surface area contributed by atoms with Gasteiger partial charge in [-0.2, -0.15) is 4.80 Å². The minimum Gasteiger partial charge on any atom is -0.480 e. The van der Waals surface area contributed by atoms with Crippen molar-refractivity contribution in [1.29, 1.82) is 0 Å². The number of hydrogen-bond acceptors (Lipinski definition) is 6. The van der Waals surface area contributed by atoms with E-state index in [1.54, 1.807) is 10.9 Å². The molecule has 12 heteroatoms. The Hall–Kier alpha value is -1.66. The van der Waals surface area contributed by atoms with Crippen LogP contribution in [0.4, 0.5) is 0 Å². The van der Waals surface area contributed by atoms with Crippen molar-refractivity contribution in [1.82, 2.24) is 35.2 Å². The van der Waals surface area contributed by atoms with Crippen molar-refractivity contribution >= 4 is 53.8 Å². The van der Waals surface area contributed by atoms with Crippen LogP contribution in [-0.4, -0.2) is 46.3 Å². The van der Waals surface area contributed by atoms with E-state index in [0.29, 0.717) is 12.2 Å². The third kappa shape index (κ3) is 4.50. The second kappa shape index (κ2) is 7.70. The van der Waals surface area contributed by atoms with Crippen LogP contribution in [-0.2, 0) is 24.3 Å². The third-order valence-electron chi connectivity index (χ3n) is 3.17. The van der Waals surface area contributed by atoms with E-state index in [4.69, 9.17) is 5.11 Å². The zero-order valence-corrected chi connectivity index (χ0v) is 17.2. The maximum atomic E-state index is 10.6. The molecule has 0 aliphatic rings. The molecule has 0 radical (unpaired) electrons. The molecule has 0 saturated carbocycles. The third-order valence-corrected chi connectivity index (χ3v) is 6.34. The van der Waals surface area contributed by atoms with Crippen LogP contribution < -0.4 is 0 Å². The minimum atomic E-state index is -1.04. The van der Waals surface area contributed by atoms with Crippen LogP contribution in [0.25, 0.3) is 11.5 Å². The zero-order valence-electron chi connectivity index (χ0n) is 12.5. The highest BCUT2D eigenvalue weighted by Gasteiger charge is 2.12. The van der Waals surface area contributed by atoms with Crippen LogP contribution in [0, 0.1) is 0 Å². The summed E-state index contributed by atoms with van der Waals surface area (Å²) in [4.78, 5) is 11.6. The number of carboxylic acid groups (broad SMARTS) is 1. The van der Waals surface area contributed by atoms with E-state index in [1.165, 1.54) is 0 Å². The van der Waals surface area contributed by atoms with Gasteiger partial charge in [0.05, 0.1) is 6.20 Å². The fraction of sp³-hybridized carbons (Fsp3) is 0.231. The minimum absolute atomic E-state index is 0.238. The molecule has 1 aromatic carbocycles. The fourth-order valence-corrected chi connectivity index (χ4v) is 3.55. The lowest BCUT2D eigenvalue weighted by atomic mass is 10.1. The molecule has 0 aliphatic carbocycles.